The van der Waals surface area contributed by atoms with Crippen LogP contribution in [-0.4, -0.2) is 22.4 Å². The summed E-state index contributed by atoms with van der Waals surface area (Å²) in [6.07, 6.45) is -5.64. The Balaban J connectivity index is 3.23. The first kappa shape index (κ1) is 14.4. The first-order valence-electron chi connectivity index (χ1n) is 4.51. The van der Waals surface area contributed by atoms with Gasteiger partial charge in [0.2, 0.25) is 5.88 Å². The average Bonchev–Trinajstić information content (AvgIpc) is 2.13. The Bertz CT molecular complexity index is 512. The van der Waals surface area contributed by atoms with E-state index >= 15 is 0 Å². The highest BCUT2D eigenvalue weighted by Crippen LogP contribution is 2.24. The third-order valence-corrected chi connectivity index (χ3v) is 2.11. The summed E-state index contributed by atoms with van der Waals surface area (Å²) in [6.45, 7) is 0. The Morgan fingerprint density at radius 3 is 2.56 bits per heavy atom. The Labute approximate surface area is 103 Å². The molecule has 100 valence electrons. The van der Waals surface area contributed by atoms with E-state index in [0.717, 1.165) is 6.07 Å². The molecule has 0 aromatic carbocycles. The number of hydrogen-bond donors (Lipinski definition) is 2. The predicted octanol–water partition coefficient (Wildman–Crippen LogP) is 1.64. The number of halogens is 4. The molecule has 1 heterocycles. The van der Waals surface area contributed by atoms with E-state index in [-0.39, 0.29) is 5.69 Å². The average molecular weight is 286 g/mol. The molecule has 1 aromatic rings. The van der Waals surface area contributed by atoms with Gasteiger partial charge in [0.05, 0.1) is 17.9 Å². The zero-order chi connectivity index (χ0) is 13.9. The largest absolute Gasteiger partial charge is 0.574 e. The number of aliphatic carboxylic acids is 1. The van der Waals surface area contributed by atoms with E-state index in [2.05, 4.69) is 9.72 Å². The van der Waals surface area contributed by atoms with Crippen LogP contribution in [0.4, 0.5) is 13.2 Å². The van der Waals surface area contributed by atoms with E-state index < -0.39 is 41.5 Å². The van der Waals surface area contributed by atoms with Crippen LogP contribution in [0.5, 0.6) is 5.88 Å². The lowest BCUT2D eigenvalue weighted by Gasteiger charge is -2.12. The van der Waals surface area contributed by atoms with Crippen molar-refractivity contribution in [2.75, 3.05) is 0 Å². The molecule has 18 heavy (non-hydrogen) atoms. The molecule has 0 saturated carbocycles. The highest BCUT2D eigenvalue weighted by Gasteiger charge is 2.33. The summed E-state index contributed by atoms with van der Waals surface area (Å²) in [5, 5.41) is 8.50. The van der Waals surface area contributed by atoms with Gasteiger partial charge >= 0.3 is 12.3 Å². The number of aromatic nitrogens is 1. The van der Waals surface area contributed by atoms with Crippen molar-refractivity contribution in [3.05, 3.63) is 27.5 Å². The number of nitrogens with one attached hydrogen (secondary N) is 1. The second-order valence-electron chi connectivity index (χ2n) is 3.22. The molecule has 0 bridgehead atoms. The molecule has 9 heteroatoms. The maximum atomic E-state index is 12.1. The van der Waals surface area contributed by atoms with Crippen molar-refractivity contribution >= 4 is 17.6 Å². The van der Waals surface area contributed by atoms with Gasteiger partial charge in [-0.3, -0.25) is 9.59 Å². The quantitative estimate of drug-likeness (QED) is 0.824. The number of pyridine rings is 1. The van der Waals surface area contributed by atoms with Gasteiger partial charge in [0, 0.05) is 11.8 Å². The highest BCUT2D eigenvalue weighted by atomic mass is 35.5. The van der Waals surface area contributed by atoms with Gasteiger partial charge < -0.3 is 14.8 Å². The molecule has 5 nitrogen and oxygen atoms in total. The topological polar surface area (TPSA) is 79.4 Å². The van der Waals surface area contributed by atoms with Gasteiger partial charge in [0.15, 0.2) is 5.43 Å². The molecule has 0 aliphatic heterocycles. The third-order valence-electron chi connectivity index (χ3n) is 1.84. The van der Waals surface area contributed by atoms with Crippen LogP contribution >= 0.6 is 11.6 Å². The van der Waals surface area contributed by atoms with E-state index in [1.807, 2.05) is 0 Å². The summed E-state index contributed by atoms with van der Waals surface area (Å²) >= 11 is 5.34. The summed E-state index contributed by atoms with van der Waals surface area (Å²) < 4.78 is 39.8. The smallest absolute Gasteiger partial charge is 0.481 e. The molecule has 0 aliphatic carbocycles. The Morgan fingerprint density at radius 1 is 1.50 bits per heavy atom. The molecule has 0 aliphatic rings. The van der Waals surface area contributed by atoms with Gasteiger partial charge in [-0.2, -0.15) is 0 Å². The molecule has 0 spiro atoms. The van der Waals surface area contributed by atoms with Gasteiger partial charge in [-0.05, 0) is 0 Å². The van der Waals surface area contributed by atoms with Gasteiger partial charge in [0.1, 0.15) is 0 Å². The standard InChI is InChI=1S/C9H7ClF3NO4/c10-3-5-6(15)1-4(2-7(16)17)14-8(5)18-9(11,12)13/h1H,2-3H2,(H,14,15)(H,16,17). The molecule has 1 aromatic heterocycles. The number of hydrogen-bond acceptors (Lipinski definition) is 3. The fraction of sp³-hybridized carbons (Fsp3) is 0.333. The number of carboxylic acid groups (broad SMARTS) is 1. The molecule has 0 amide bonds. The molecule has 1 rings (SSSR count). The molecule has 2 N–H and O–H groups in total. The van der Waals surface area contributed by atoms with Crippen LogP contribution in [0.25, 0.3) is 0 Å². The van der Waals surface area contributed by atoms with Crippen LogP contribution in [-0.2, 0) is 17.1 Å². The second kappa shape index (κ2) is 5.30. The maximum absolute atomic E-state index is 12.1. The number of alkyl halides is 4. The normalized spacial score (nSPS) is 11.3. The summed E-state index contributed by atoms with van der Waals surface area (Å²) in [7, 11) is 0. The van der Waals surface area contributed by atoms with E-state index in [1.165, 1.54) is 0 Å². The Morgan fingerprint density at radius 2 is 2.11 bits per heavy atom. The minimum absolute atomic E-state index is 0.208. The summed E-state index contributed by atoms with van der Waals surface area (Å²) in [5.74, 6) is -2.68. The first-order valence-corrected chi connectivity index (χ1v) is 5.05. The number of ether oxygens (including phenoxy) is 1. The van der Waals surface area contributed by atoms with Gasteiger partial charge in [-0.15, -0.1) is 24.8 Å². The minimum atomic E-state index is -5.01. The monoisotopic (exact) mass is 285 g/mol. The van der Waals surface area contributed by atoms with Crippen LogP contribution < -0.4 is 10.2 Å². The summed E-state index contributed by atoms with van der Waals surface area (Å²) in [5.41, 5.74) is -1.44. The Kier molecular flexibility index (Phi) is 4.23. The number of carboxylic acids is 1. The lowest BCUT2D eigenvalue weighted by Crippen LogP contribution is -2.23. The van der Waals surface area contributed by atoms with E-state index in [0.29, 0.717) is 0 Å². The lowest BCUT2D eigenvalue weighted by atomic mass is 10.2. The van der Waals surface area contributed by atoms with Crippen LogP contribution in [0.2, 0.25) is 0 Å². The Hall–Kier alpha value is -1.70. The van der Waals surface area contributed by atoms with Crippen molar-refractivity contribution in [1.29, 1.82) is 0 Å². The molecule has 0 radical (unpaired) electrons. The third kappa shape index (κ3) is 3.95. The fourth-order valence-corrected chi connectivity index (χ4v) is 1.46. The van der Waals surface area contributed by atoms with Crippen LogP contribution in [0, 0.1) is 0 Å². The van der Waals surface area contributed by atoms with E-state index in [4.69, 9.17) is 16.7 Å². The lowest BCUT2D eigenvalue weighted by molar-refractivity contribution is -0.276. The summed E-state index contributed by atoms with van der Waals surface area (Å²) in [4.78, 5) is 23.9. The van der Waals surface area contributed by atoms with Crippen molar-refractivity contribution in [1.82, 2.24) is 4.98 Å². The molecule has 0 atom stereocenters. The van der Waals surface area contributed by atoms with E-state index in [9.17, 15) is 22.8 Å². The molecular weight excluding hydrogens is 279 g/mol. The van der Waals surface area contributed by atoms with Crippen LogP contribution in [0.1, 0.15) is 11.3 Å². The fourth-order valence-electron chi connectivity index (χ4n) is 1.20. The molecule has 0 fully saturated rings. The first-order chi connectivity index (χ1) is 8.23. The zero-order valence-electron chi connectivity index (χ0n) is 8.68. The van der Waals surface area contributed by atoms with Crippen molar-refractivity contribution in [3.63, 3.8) is 0 Å². The predicted molar refractivity (Wildman–Crippen MR) is 54.6 cm³/mol. The maximum Gasteiger partial charge on any atom is 0.574 e. The zero-order valence-corrected chi connectivity index (χ0v) is 9.43. The summed E-state index contributed by atoms with van der Waals surface area (Å²) in [6, 6.07) is 0.870. The van der Waals surface area contributed by atoms with Crippen LogP contribution in [0.15, 0.2) is 10.9 Å². The second-order valence-corrected chi connectivity index (χ2v) is 3.49. The number of H-pyrrole nitrogens is 1. The van der Waals surface area contributed by atoms with Crippen molar-refractivity contribution in [3.8, 4) is 5.88 Å². The van der Waals surface area contributed by atoms with Gasteiger partial charge in [-0.1, -0.05) is 0 Å². The van der Waals surface area contributed by atoms with Crippen LogP contribution in [0.3, 0.4) is 0 Å². The highest BCUT2D eigenvalue weighted by molar-refractivity contribution is 6.17. The van der Waals surface area contributed by atoms with Crippen molar-refractivity contribution in [2.24, 2.45) is 0 Å². The molecule has 0 saturated heterocycles. The molecular formula is C9H7ClF3NO4. The number of aromatic amines is 1. The van der Waals surface area contributed by atoms with E-state index in [1.54, 1.807) is 0 Å². The SMILES string of the molecule is O=C(O)Cc1cc(=O)c(CCl)c(OC(F)(F)F)[nH]1. The van der Waals surface area contributed by atoms with Gasteiger partial charge in [-0.25, -0.2) is 0 Å². The number of carbonyl (C=O) groups is 1. The minimum Gasteiger partial charge on any atom is -0.481 e. The van der Waals surface area contributed by atoms with Gasteiger partial charge in [0.25, 0.3) is 0 Å². The van der Waals surface area contributed by atoms with Crippen molar-refractivity contribution in [2.45, 2.75) is 18.7 Å². The molecule has 0 unspecified atom stereocenters. The number of rotatable bonds is 4. The van der Waals surface area contributed by atoms with Crippen molar-refractivity contribution < 1.29 is 27.8 Å².